The van der Waals surface area contributed by atoms with Gasteiger partial charge in [0.15, 0.2) is 0 Å². The Hall–Kier alpha value is -1.36. The molecule has 0 aliphatic carbocycles. The van der Waals surface area contributed by atoms with Crippen LogP contribution in [-0.2, 0) is 0 Å². The third-order valence-electron chi connectivity index (χ3n) is 3.37. The maximum atomic E-state index is 4.60. The van der Waals surface area contributed by atoms with E-state index in [4.69, 9.17) is 0 Å². The molecule has 0 saturated carbocycles. The Kier molecular flexibility index (Phi) is 4.58. The van der Waals surface area contributed by atoms with Crippen LogP contribution in [0.2, 0.25) is 0 Å². The first-order chi connectivity index (χ1) is 9.10. The molecule has 2 rings (SSSR count). The molecule has 19 heavy (non-hydrogen) atoms. The topological polar surface area (TPSA) is 53.1 Å². The van der Waals surface area contributed by atoms with Gasteiger partial charge in [-0.1, -0.05) is 0 Å². The number of nitrogens with one attached hydrogen (secondary N) is 2. The first-order valence-corrected chi connectivity index (χ1v) is 7.13. The predicted molar refractivity (Wildman–Crippen MR) is 79.8 cm³/mol. The molecule has 1 unspecified atom stereocenters. The van der Waals surface area contributed by atoms with Gasteiger partial charge in [-0.3, -0.25) is 0 Å². The molecule has 0 radical (unpaired) electrons. The van der Waals surface area contributed by atoms with Crippen LogP contribution < -0.4 is 15.5 Å². The smallest absolute Gasteiger partial charge is 0.134 e. The summed E-state index contributed by atoms with van der Waals surface area (Å²) in [5.41, 5.74) is 0. The van der Waals surface area contributed by atoms with Crippen molar-refractivity contribution in [3.63, 3.8) is 0 Å². The van der Waals surface area contributed by atoms with Crippen LogP contribution in [0.25, 0.3) is 0 Å². The first kappa shape index (κ1) is 14.1. The van der Waals surface area contributed by atoms with Gasteiger partial charge in [-0.2, -0.15) is 0 Å². The summed E-state index contributed by atoms with van der Waals surface area (Å²) in [5, 5.41) is 6.63. The highest BCUT2D eigenvalue weighted by Gasteiger charge is 2.25. The van der Waals surface area contributed by atoms with Crippen molar-refractivity contribution >= 4 is 11.6 Å². The van der Waals surface area contributed by atoms with Gasteiger partial charge in [0.1, 0.15) is 17.5 Å². The lowest BCUT2D eigenvalue weighted by atomic mass is 10.2. The van der Waals surface area contributed by atoms with E-state index in [1.165, 1.54) is 12.8 Å². The second-order valence-electron chi connectivity index (χ2n) is 5.50. The van der Waals surface area contributed by atoms with Crippen molar-refractivity contribution in [1.82, 2.24) is 15.3 Å². The second-order valence-corrected chi connectivity index (χ2v) is 5.50. The number of aromatic nitrogens is 2. The van der Waals surface area contributed by atoms with Gasteiger partial charge in [0.2, 0.25) is 0 Å². The van der Waals surface area contributed by atoms with Crippen LogP contribution in [0, 0.1) is 6.92 Å². The molecule has 1 aromatic heterocycles. The molecule has 0 aromatic carbocycles. The zero-order valence-corrected chi connectivity index (χ0v) is 12.4. The molecule has 5 heteroatoms. The van der Waals surface area contributed by atoms with Gasteiger partial charge >= 0.3 is 0 Å². The van der Waals surface area contributed by atoms with Gasteiger partial charge < -0.3 is 15.5 Å². The van der Waals surface area contributed by atoms with E-state index < -0.39 is 0 Å². The summed E-state index contributed by atoms with van der Waals surface area (Å²) in [5.74, 6) is 2.80. The van der Waals surface area contributed by atoms with Gasteiger partial charge in [-0.15, -0.1) is 0 Å². The van der Waals surface area contributed by atoms with Crippen LogP contribution in [0.4, 0.5) is 11.6 Å². The van der Waals surface area contributed by atoms with Crippen molar-refractivity contribution in [2.24, 2.45) is 0 Å². The number of hydrogen-bond donors (Lipinski definition) is 2. The van der Waals surface area contributed by atoms with Crippen molar-refractivity contribution in [2.45, 2.75) is 45.7 Å². The molecule has 0 spiro atoms. The fourth-order valence-corrected chi connectivity index (χ4v) is 2.65. The van der Waals surface area contributed by atoms with E-state index in [0.29, 0.717) is 12.1 Å². The van der Waals surface area contributed by atoms with Gasteiger partial charge in [0.05, 0.1) is 0 Å². The summed E-state index contributed by atoms with van der Waals surface area (Å²) in [6.45, 7) is 8.30. The van der Waals surface area contributed by atoms with Crippen LogP contribution in [0.15, 0.2) is 6.07 Å². The van der Waals surface area contributed by atoms with Gasteiger partial charge in [0.25, 0.3) is 0 Å². The molecular weight excluding hydrogens is 238 g/mol. The normalized spacial score (nSPS) is 19.2. The van der Waals surface area contributed by atoms with E-state index in [9.17, 15) is 0 Å². The van der Waals surface area contributed by atoms with E-state index in [1.807, 2.05) is 14.0 Å². The second kappa shape index (κ2) is 6.19. The molecule has 1 aliphatic rings. The maximum absolute atomic E-state index is 4.60. The van der Waals surface area contributed by atoms with Crippen LogP contribution in [-0.4, -0.2) is 42.2 Å². The highest BCUT2D eigenvalue weighted by molar-refractivity contribution is 5.51. The van der Waals surface area contributed by atoms with Crippen LogP contribution in [0.1, 0.15) is 32.5 Å². The Morgan fingerprint density at radius 2 is 2.21 bits per heavy atom. The Morgan fingerprint density at radius 3 is 2.89 bits per heavy atom. The fourth-order valence-electron chi connectivity index (χ4n) is 2.65. The van der Waals surface area contributed by atoms with Gasteiger partial charge in [-0.25, -0.2) is 9.97 Å². The Balaban J connectivity index is 2.21. The highest BCUT2D eigenvalue weighted by atomic mass is 15.3. The zero-order chi connectivity index (χ0) is 13.8. The summed E-state index contributed by atoms with van der Waals surface area (Å²) < 4.78 is 0. The molecule has 5 nitrogen and oxygen atoms in total. The average Bonchev–Trinajstić information content (AvgIpc) is 2.76. The summed E-state index contributed by atoms with van der Waals surface area (Å²) in [7, 11) is 2.01. The van der Waals surface area contributed by atoms with E-state index in [2.05, 4.69) is 45.4 Å². The lowest BCUT2D eigenvalue weighted by Crippen LogP contribution is -2.37. The van der Waals surface area contributed by atoms with Crippen LogP contribution >= 0.6 is 0 Å². The molecule has 1 saturated heterocycles. The predicted octanol–water partition coefficient (Wildman–Crippen LogP) is 1.79. The van der Waals surface area contributed by atoms with Crippen LogP contribution in [0.3, 0.4) is 0 Å². The lowest BCUT2D eigenvalue weighted by Gasteiger charge is -2.26. The van der Waals surface area contributed by atoms with Crippen LogP contribution in [0.5, 0.6) is 0 Å². The Labute approximate surface area is 115 Å². The largest absolute Gasteiger partial charge is 0.368 e. The number of rotatable bonds is 5. The standard InChI is InChI=1S/C14H25N5/c1-10(2)16-13-8-14(18-11(3)17-13)19-7-5-6-12(19)9-15-4/h8,10,12,15H,5-7,9H2,1-4H3,(H,16,17,18). The summed E-state index contributed by atoms with van der Waals surface area (Å²) in [6, 6.07) is 3.00. The molecule has 2 heterocycles. The van der Waals surface area contributed by atoms with Gasteiger partial charge in [-0.05, 0) is 40.7 Å². The Morgan fingerprint density at radius 1 is 1.42 bits per heavy atom. The molecular formula is C14H25N5. The fraction of sp³-hybridized carbons (Fsp3) is 0.714. The third kappa shape index (κ3) is 3.56. The van der Waals surface area contributed by atoms with E-state index >= 15 is 0 Å². The number of hydrogen-bond acceptors (Lipinski definition) is 5. The number of nitrogens with zero attached hydrogens (tertiary/aromatic N) is 3. The van der Waals surface area contributed by atoms with E-state index in [-0.39, 0.29) is 0 Å². The van der Waals surface area contributed by atoms with Crippen molar-refractivity contribution in [2.75, 3.05) is 30.4 Å². The minimum absolute atomic E-state index is 0.383. The molecule has 2 N–H and O–H groups in total. The number of likely N-dealkylation sites (N-methyl/N-ethyl adjacent to an activating group) is 1. The maximum Gasteiger partial charge on any atom is 0.134 e. The zero-order valence-electron chi connectivity index (χ0n) is 12.4. The third-order valence-corrected chi connectivity index (χ3v) is 3.37. The molecule has 0 bridgehead atoms. The quantitative estimate of drug-likeness (QED) is 0.848. The molecule has 0 amide bonds. The van der Waals surface area contributed by atoms with Crippen molar-refractivity contribution in [3.8, 4) is 0 Å². The highest BCUT2D eigenvalue weighted by Crippen LogP contribution is 2.25. The SMILES string of the molecule is CNCC1CCCN1c1cc(NC(C)C)nc(C)n1. The van der Waals surface area contributed by atoms with E-state index in [0.717, 1.165) is 30.5 Å². The molecule has 1 aromatic rings. The van der Waals surface area contributed by atoms with Crippen molar-refractivity contribution < 1.29 is 0 Å². The molecule has 1 atom stereocenters. The average molecular weight is 263 g/mol. The van der Waals surface area contributed by atoms with Gasteiger partial charge in [0, 0.05) is 31.2 Å². The monoisotopic (exact) mass is 263 g/mol. The minimum atomic E-state index is 0.383. The molecule has 1 aliphatic heterocycles. The Bertz CT molecular complexity index is 418. The van der Waals surface area contributed by atoms with Crippen molar-refractivity contribution in [1.29, 1.82) is 0 Å². The van der Waals surface area contributed by atoms with E-state index in [1.54, 1.807) is 0 Å². The molecule has 106 valence electrons. The minimum Gasteiger partial charge on any atom is -0.368 e. The summed E-state index contributed by atoms with van der Waals surface area (Å²) >= 11 is 0. The summed E-state index contributed by atoms with van der Waals surface area (Å²) in [4.78, 5) is 11.5. The number of aryl methyl sites for hydroxylation is 1. The molecule has 1 fully saturated rings. The van der Waals surface area contributed by atoms with Crippen molar-refractivity contribution in [3.05, 3.63) is 11.9 Å². The first-order valence-electron chi connectivity index (χ1n) is 7.13. The lowest BCUT2D eigenvalue weighted by molar-refractivity contribution is 0.611. The summed E-state index contributed by atoms with van der Waals surface area (Å²) in [6.07, 6.45) is 2.47. The number of anilines is 2.